The molecule has 1 unspecified atom stereocenters. The van der Waals surface area contributed by atoms with Crippen LogP contribution in [0.25, 0.3) is 5.76 Å². The van der Waals surface area contributed by atoms with Gasteiger partial charge in [0.15, 0.2) is 0 Å². The van der Waals surface area contributed by atoms with E-state index >= 15 is 0 Å². The summed E-state index contributed by atoms with van der Waals surface area (Å²) < 4.78 is 5.46. The van der Waals surface area contributed by atoms with Gasteiger partial charge in [-0.1, -0.05) is 62.4 Å². The van der Waals surface area contributed by atoms with Gasteiger partial charge in [-0.25, -0.2) is 0 Å². The van der Waals surface area contributed by atoms with Crippen molar-refractivity contribution in [3.8, 4) is 5.75 Å². The molecule has 1 saturated heterocycles. The van der Waals surface area contributed by atoms with E-state index in [0.29, 0.717) is 23.4 Å². The summed E-state index contributed by atoms with van der Waals surface area (Å²) in [6.07, 6.45) is 0. The maximum Gasteiger partial charge on any atom is 0.295 e. The van der Waals surface area contributed by atoms with Crippen molar-refractivity contribution in [1.82, 2.24) is 4.90 Å². The number of methoxy groups -OCH3 is 1. The van der Waals surface area contributed by atoms with Crippen LogP contribution in [-0.4, -0.2) is 35.4 Å². The van der Waals surface area contributed by atoms with Crippen LogP contribution in [0, 0.1) is 5.92 Å². The number of para-hydroxylation sites is 1. The van der Waals surface area contributed by atoms with Crippen molar-refractivity contribution in [2.24, 2.45) is 5.92 Å². The fraction of sp³-hybridized carbons (Fsp3) is 0.273. The predicted molar refractivity (Wildman–Crippen MR) is 103 cm³/mol. The highest BCUT2D eigenvalue weighted by molar-refractivity contribution is 6.46. The van der Waals surface area contributed by atoms with Gasteiger partial charge >= 0.3 is 0 Å². The Kier molecular flexibility index (Phi) is 5.31. The number of ketones is 1. The van der Waals surface area contributed by atoms with E-state index in [0.717, 1.165) is 0 Å². The van der Waals surface area contributed by atoms with E-state index in [2.05, 4.69) is 0 Å². The molecule has 5 heteroatoms. The van der Waals surface area contributed by atoms with Crippen molar-refractivity contribution in [1.29, 1.82) is 0 Å². The third-order valence-electron chi connectivity index (χ3n) is 4.58. The van der Waals surface area contributed by atoms with E-state index in [1.54, 1.807) is 37.4 Å². The van der Waals surface area contributed by atoms with Gasteiger partial charge in [0.25, 0.3) is 11.7 Å². The second-order valence-corrected chi connectivity index (χ2v) is 6.95. The summed E-state index contributed by atoms with van der Waals surface area (Å²) in [5, 5.41) is 10.9. The van der Waals surface area contributed by atoms with Crippen molar-refractivity contribution in [3.63, 3.8) is 0 Å². The highest BCUT2D eigenvalue weighted by atomic mass is 16.5. The molecule has 2 aromatic rings. The van der Waals surface area contributed by atoms with Crippen molar-refractivity contribution < 1.29 is 19.4 Å². The summed E-state index contributed by atoms with van der Waals surface area (Å²) in [4.78, 5) is 27.1. The minimum atomic E-state index is -0.691. The number of carbonyl (C=O) groups excluding carboxylic acids is 2. The fourth-order valence-corrected chi connectivity index (χ4v) is 3.43. The highest BCUT2D eigenvalue weighted by Crippen LogP contribution is 2.42. The first kappa shape index (κ1) is 18.7. The maximum absolute atomic E-state index is 12.8. The second kappa shape index (κ2) is 7.66. The average Bonchev–Trinajstić information content (AvgIpc) is 2.92. The molecule has 0 radical (unpaired) electrons. The van der Waals surface area contributed by atoms with Crippen LogP contribution in [0.15, 0.2) is 60.2 Å². The van der Waals surface area contributed by atoms with Crippen LogP contribution in [0.1, 0.15) is 31.0 Å². The molecule has 1 fully saturated rings. The van der Waals surface area contributed by atoms with Crippen LogP contribution in [0.2, 0.25) is 0 Å². The topological polar surface area (TPSA) is 66.8 Å². The normalized spacial score (nSPS) is 19.0. The zero-order valence-electron chi connectivity index (χ0n) is 15.7. The lowest BCUT2D eigenvalue weighted by atomic mass is 9.94. The van der Waals surface area contributed by atoms with Gasteiger partial charge in [-0.3, -0.25) is 9.59 Å². The lowest BCUT2D eigenvalue weighted by molar-refractivity contribution is -0.140. The molecule has 1 amide bonds. The summed E-state index contributed by atoms with van der Waals surface area (Å²) in [6.45, 7) is 4.37. The smallest absolute Gasteiger partial charge is 0.295 e. The molecule has 5 nitrogen and oxygen atoms in total. The number of ether oxygens (including phenoxy) is 1. The number of hydrogen-bond donors (Lipinski definition) is 1. The second-order valence-electron chi connectivity index (χ2n) is 6.95. The molecule has 2 aromatic carbocycles. The Balaban J connectivity index is 2.23. The van der Waals surface area contributed by atoms with Gasteiger partial charge in [0.2, 0.25) is 0 Å². The number of amides is 1. The molecule has 1 aliphatic rings. The third kappa shape index (κ3) is 3.45. The highest BCUT2D eigenvalue weighted by Gasteiger charge is 2.47. The summed E-state index contributed by atoms with van der Waals surface area (Å²) in [6, 6.07) is 15.4. The Bertz CT molecular complexity index is 886. The van der Waals surface area contributed by atoms with Gasteiger partial charge in [0.05, 0.1) is 18.7 Å². The minimum absolute atomic E-state index is 0.0938. The number of benzene rings is 2. The van der Waals surface area contributed by atoms with Crippen LogP contribution in [0.5, 0.6) is 5.75 Å². The largest absolute Gasteiger partial charge is 0.507 e. The molecule has 1 atom stereocenters. The Morgan fingerprint density at radius 3 is 2.33 bits per heavy atom. The summed E-state index contributed by atoms with van der Waals surface area (Å²) in [5.41, 5.74) is 1.27. The molecule has 1 heterocycles. The van der Waals surface area contributed by atoms with Gasteiger partial charge in [0, 0.05) is 17.7 Å². The number of rotatable bonds is 5. The van der Waals surface area contributed by atoms with E-state index < -0.39 is 17.7 Å². The zero-order chi connectivity index (χ0) is 19.6. The summed E-state index contributed by atoms with van der Waals surface area (Å²) in [5.74, 6) is -0.713. The van der Waals surface area contributed by atoms with E-state index in [-0.39, 0.29) is 17.3 Å². The molecule has 140 valence electrons. The lowest BCUT2D eigenvalue weighted by Gasteiger charge is -2.27. The first-order chi connectivity index (χ1) is 13.0. The lowest BCUT2D eigenvalue weighted by Crippen LogP contribution is -2.33. The van der Waals surface area contributed by atoms with Gasteiger partial charge in [-0.05, 0) is 12.0 Å². The molecule has 3 rings (SSSR count). The molecule has 0 saturated carbocycles. The SMILES string of the molecule is COc1ccccc1C1/C(=C(\O)c2ccccc2)C(=O)C(=O)N1CC(C)C. The molecular weight excluding hydrogens is 342 g/mol. The average molecular weight is 365 g/mol. The predicted octanol–water partition coefficient (Wildman–Crippen LogP) is 3.77. The van der Waals surface area contributed by atoms with Crippen LogP contribution < -0.4 is 4.74 Å². The first-order valence-electron chi connectivity index (χ1n) is 8.92. The zero-order valence-corrected chi connectivity index (χ0v) is 15.7. The maximum atomic E-state index is 12.8. The molecule has 1 aliphatic heterocycles. The molecule has 1 N–H and O–H groups in total. The van der Waals surface area contributed by atoms with Crippen LogP contribution in [-0.2, 0) is 9.59 Å². The summed E-state index contributed by atoms with van der Waals surface area (Å²) in [7, 11) is 1.55. The Morgan fingerprint density at radius 2 is 1.70 bits per heavy atom. The number of hydrogen-bond acceptors (Lipinski definition) is 4. The molecule has 0 bridgehead atoms. The molecule has 0 aromatic heterocycles. The Hall–Kier alpha value is -3.08. The number of aliphatic hydroxyl groups excluding tert-OH is 1. The van der Waals surface area contributed by atoms with E-state index in [4.69, 9.17) is 4.74 Å². The summed E-state index contributed by atoms with van der Waals surface area (Å²) >= 11 is 0. The Labute approximate surface area is 158 Å². The number of Topliss-reactive ketones (excluding diaryl/α,β-unsaturated/α-hetero) is 1. The van der Waals surface area contributed by atoms with E-state index in [1.165, 1.54) is 4.90 Å². The van der Waals surface area contributed by atoms with Gasteiger partial charge in [0.1, 0.15) is 11.5 Å². The quantitative estimate of drug-likeness (QED) is 0.498. The minimum Gasteiger partial charge on any atom is -0.507 e. The van der Waals surface area contributed by atoms with Crippen molar-refractivity contribution in [2.75, 3.05) is 13.7 Å². The third-order valence-corrected chi connectivity index (χ3v) is 4.58. The molecular formula is C22H23NO4. The number of aliphatic hydroxyl groups is 1. The van der Waals surface area contributed by atoms with Crippen LogP contribution >= 0.6 is 0 Å². The standard InChI is InChI=1S/C22H23NO4/c1-14(2)13-23-19(16-11-7-8-12-17(16)27-3)18(21(25)22(23)26)20(24)15-9-5-4-6-10-15/h4-12,14,19,24H,13H2,1-3H3/b20-18+. The fourth-order valence-electron chi connectivity index (χ4n) is 3.43. The van der Waals surface area contributed by atoms with Crippen LogP contribution in [0.4, 0.5) is 0 Å². The Morgan fingerprint density at radius 1 is 1.07 bits per heavy atom. The van der Waals surface area contributed by atoms with Crippen molar-refractivity contribution >= 4 is 17.4 Å². The van der Waals surface area contributed by atoms with Crippen molar-refractivity contribution in [3.05, 3.63) is 71.3 Å². The molecule has 0 spiro atoms. The van der Waals surface area contributed by atoms with E-state index in [1.807, 2.05) is 38.1 Å². The first-order valence-corrected chi connectivity index (χ1v) is 8.92. The van der Waals surface area contributed by atoms with Gasteiger partial charge in [-0.15, -0.1) is 0 Å². The number of nitrogens with zero attached hydrogens (tertiary/aromatic N) is 1. The van der Waals surface area contributed by atoms with Crippen molar-refractivity contribution in [2.45, 2.75) is 19.9 Å². The molecule has 0 aliphatic carbocycles. The number of likely N-dealkylation sites (tertiary alicyclic amines) is 1. The monoisotopic (exact) mass is 365 g/mol. The van der Waals surface area contributed by atoms with Crippen LogP contribution in [0.3, 0.4) is 0 Å². The molecule has 27 heavy (non-hydrogen) atoms. The van der Waals surface area contributed by atoms with E-state index in [9.17, 15) is 14.7 Å². The van der Waals surface area contributed by atoms with Gasteiger partial charge < -0.3 is 14.7 Å². The van der Waals surface area contributed by atoms with Gasteiger partial charge in [-0.2, -0.15) is 0 Å². The number of carbonyl (C=O) groups is 2.